The second kappa shape index (κ2) is 5.47. The van der Waals surface area contributed by atoms with E-state index < -0.39 is 0 Å². The Kier molecular flexibility index (Phi) is 4.11. The number of aromatic nitrogens is 2. The van der Waals surface area contributed by atoms with Crippen LogP contribution in [0, 0.1) is 13.8 Å². The van der Waals surface area contributed by atoms with Gasteiger partial charge in [0.1, 0.15) is 5.69 Å². The first kappa shape index (κ1) is 14.3. The molecule has 0 radical (unpaired) electrons. The number of carbonyl (C=O) groups is 1. The Morgan fingerprint density at radius 3 is 2.47 bits per heavy atom. The smallest absolute Gasteiger partial charge is 0.212 e. The third kappa shape index (κ3) is 2.60. The Balaban J connectivity index is 2.53. The number of ketones is 1. The van der Waals surface area contributed by atoms with Crippen LogP contribution < -0.4 is 0 Å². The molecule has 19 heavy (non-hydrogen) atoms. The summed E-state index contributed by atoms with van der Waals surface area (Å²) >= 11 is 9.56. The van der Waals surface area contributed by atoms with E-state index in [1.807, 2.05) is 32.9 Å². The molecule has 0 N–H and O–H groups in total. The molecule has 0 saturated heterocycles. The van der Waals surface area contributed by atoms with E-state index in [1.165, 1.54) is 6.20 Å². The highest BCUT2D eigenvalue weighted by atomic mass is 79.9. The van der Waals surface area contributed by atoms with Gasteiger partial charge in [0.25, 0.3) is 0 Å². The highest BCUT2D eigenvalue weighted by molar-refractivity contribution is 9.10. The molecule has 0 amide bonds. The standard InChI is InChI=1S/C14H14BrClN2O/c1-4-18-13(11(16)7-17-18)14(19)10-5-8(2)12(15)9(3)6-10/h5-7H,4H2,1-3H3. The van der Waals surface area contributed by atoms with E-state index >= 15 is 0 Å². The van der Waals surface area contributed by atoms with Crippen molar-refractivity contribution in [1.82, 2.24) is 9.78 Å². The first-order valence-electron chi connectivity index (χ1n) is 5.98. The van der Waals surface area contributed by atoms with Crippen LogP contribution in [-0.4, -0.2) is 15.6 Å². The minimum absolute atomic E-state index is 0.0944. The average Bonchev–Trinajstić information content (AvgIpc) is 2.75. The number of carbonyl (C=O) groups excluding carboxylic acids is 1. The van der Waals surface area contributed by atoms with Gasteiger partial charge in [0.05, 0.1) is 11.2 Å². The monoisotopic (exact) mass is 340 g/mol. The van der Waals surface area contributed by atoms with Crippen molar-refractivity contribution >= 4 is 33.3 Å². The molecule has 3 nitrogen and oxygen atoms in total. The van der Waals surface area contributed by atoms with Gasteiger partial charge >= 0.3 is 0 Å². The fourth-order valence-electron chi connectivity index (χ4n) is 2.04. The van der Waals surface area contributed by atoms with E-state index in [-0.39, 0.29) is 5.78 Å². The average molecular weight is 342 g/mol. The second-order valence-corrected chi connectivity index (χ2v) is 5.61. The predicted octanol–water partition coefficient (Wildman–Crippen LogP) is 4.17. The summed E-state index contributed by atoms with van der Waals surface area (Å²) in [5.41, 5.74) is 3.14. The number of benzene rings is 1. The van der Waals surface area contributed by atoms with Crippen molar-refractivity contribution in [3.05, 3.63) is 50.2 Å². The molecule has 5 heteroatoms. The predicted molar refractivity (Wildman–Crippen MR) is 80.0 cm³/mol. The van der Waals surface area contributed by atoms with Crippen molar-refractivity contribution in [2.24, 2.45) is 0 Å². The third-order valence-electron chi connectivity index (χ3n) is 3.01. The molecule has 0 aliphatic heterocycles. The Morgan fingerprint density at radius 1 is 1.37 bits per heavy atom. The van der Waals surface area contributed by atoms with Gasteiger partial charge in [-0.05, 0) is 44.0 Å². The van der Waals surface area contributed by atoms with Gasteiger partial charge in [-0.25, -0.2) is 0 Å². The van der Waals surface area contributed by atoms with Crippen LogP contribution in [0.1, 0.15) is 34.1 Å². The number of hydrogen-bond acceptors (Lipinski definition) is 2. The number of hydrogen-bond donors (Lipinski definition) is 0. The van der Waals surface area contributed by atoms with Gasteiger partial charge in [-0.2, -0.15) is 5.10 Å². The van der Waals surface area contributed by atoms with Crippen LogP contribution in [-0.2, 0) is 6.54 Å². The Morgan fingerprint density at radius 2 is 1.95 bits per heavy atom. The molecule has 1 heterocycles. The fraction of sp³-hybridized carbons (Fsp3) is 0.286. The van der Waals surface area contributed by atoms with Gasteiger partial charge in [0.15, 0.2) is 0 Å². The zero-order valence-corrected chi connectivity index (χ0v) is 13.3. The summed E-state index contributed by atoms with van der Waals surface area (Å²) in [4.78, 5) is 12.6. The fourth-order valence-corrected chi connectivity index (χ4v) is 2.50. The van der Waals surface area contributed by atoms with E-state index in [4.69, 9.17) is 11.6 Å². The Bertz CT molecular complexity index is 626. The van der Waals surface area contributed by atoms with Gasteiger partial charge in [-0.1, -0.05) is 27.5 Å². The van der Waals surface area contributed by atoms with Crippen LogP contribution in [0.3, 0.4) is 0 Å². The molecule has 0 bridgehead atoms. The number of halogens is 2. The maximum atomic E-state index is 12.6. The molecule has 0 aliphatic rings. The molecule has 0 spiro atoms. The molecular weight excluding hydrogens is 328 g/mol. The van der Waals surface area contributed by atoms with E-state index in [0.29, 0.717) is 22.8 Å². The molecule has 100 valence electrons. The molecule has 0 fully saturated rings. The molecule has 1 aromatic heterocycles. The Labute approximate surface area is 125 Å². The summed E-state index contributed by atoms with van der Waals surface area (Å²) < 4.78 is 2.65. The van der Waals surface area contributed by atoms with Crippen LogP contribution in [0.2, 0.25) is 5.02 Å². The lowest BCUT2D eigenvalue weighted by atomic mass is 10.0. The Hall–Kier alpha value is -1.13. The zero-order valence-electron chi connectivity index (χ0n) is 11.0. The normalized spacial score (nSPS) is 10.8. The van der Waals surface area contributed by atoms with Crippen LogP contribution in [0.25, 0.3) is 0 Å². The quantitative estimate of drug-likeness (QED) is 0.785. The van der Waals surface area contributed by atoms with Gasteiger partial charge in [-0.3, -0.25) is 9.48 Å². The lowest BCUT2D eigenvalue weighted by molar-refractivity contribution is 0.102. The van der Waals surface area contributed by atoms with Crippen LogP contribution in [0.15, 0.2) is 22.8 Å². The van der Waals surface area contributed by atoms with Crippen LogP contribution in [0.4, 0.5) is 0 Å². The maximum absolute atomic E-state index is 12.6. The van der Waals surface area contributed by atoms with Crippen LogP contribution in [0.5, 0.6) is 0 Å². The first-order chi connectivity index (χ1) is 8.95. The summed E-state index contributed by atoms with van der Waals surface area (Å²) in [5.74, 6) is -0.0944. The third-order valence-corrected chi connectivity index (χ3v) is 4.54. The van der Waals surface area contributed by atoms with Crippen molar-refractivity contribution in [2.75, 3.05) is 0 Å². The highest BCUT2D eigenvalue weighted by Crippen LogP contribution is 2.25. The van der Waals surface area contributed by atoms with Crippen molar-refractivity contribution in [3.63, 3.8) is 0 Å². The molecule has 0 saturated carbocycles. The van der Waals surface area contributed by atoms with Crippen molar-refractivity contribution in [1.29, 1.82) is 0 Å². The summed E-state index contributed by atoms with van der Waals surface area (Å²) in [6, 6.07) is 3.73. The molecule has 2 aromatic rings. The summed E-state index contributed by atoms with van der Waals surface area (Å²) in [6.07, 6.45) is 1.51. The van der Waals surface area contributed by atoms with Crippen molar-refractivity contribution in [3.8, 4) is 0 Å². The van der Waals surface area contributed by atoms with Crippen LogP contribution >= 0.6 is 27.5 Å². The van der Waals surface area contributed by atoms with Gasteiger partial charge in [0.2, 0.25) is 5.78 Å². The highest BCUT2D eigenvalue weighted by Gasteiger charge is 2.19. The lowest BCUT2D eigenvalue weighted by Crippen LogP contribution is -2.11. The molecule has 0 atom stereocenters. The molecule has 0 unspecified atom stereocenters. The van der Waals surface area contributed by atoms with E-state index in [9.17, 15) is 4.79 Å². The first-order valence-corrected chi connectivity index (χ1v) is 7.15. The minimum Gasteiger partial charge on any atom is -0.287 e. The SMILES string of the molecule is CCn1ncc(Cl)c1C(=O)c1cc(C)c(Br)c(C)c1. The molecule has 1 aromatic carbocycles. The molecular formula is C14H14BrClN2O. The van der Waals surface area contributed by atoms with E-state index in [0.717, 1.165) is 15.6 Å². The zero-order chi connectivity index (χ0) is 14.2. The van der Waals surface area contributed by atoms with Gasteiger partial charge < -0.3 is 0 Å². The molecule has 0 aliphatic carbocycles. The summed E-state index contributed by atoms with van der Waals surface area (Å²) in [6.45, 7) is 6.47. The maximum Gasteiger partial charge on any atom is 0.212 e. The molecule has 2 rings (SSSR count). The topological polar surface area (TPSA) is 34.9 Å². The number of rotatable bonds is 3. The number of aryl methyl sites for hydroxylation is 3. The summed E-state index contributed by atoms with van der Waals surface area (Å²) in [5, 5.41) is 4.49. The second-order valence-electron chi connectivity index (χ2n) is 4.41. The van der Waals surface area contributed by atoms with Crippen molar-refractivity contribution in [2.45, 2.75) is 27.3 Å². The van der Waals surface area contributed by atoms with Crippen molar-refractivity contribution < 1.29 is 4.79 Å². The van der Waals surface area contributed by atoms with E-state index in [1.54, 1.807) is 4.68 Å². The summed E-state index contributed by atoms with van der Waals surface area (Å²) in [7, 11) is 0. The largest absolute Gasteiger partial charge is 0.287 e. The number of nitrogens with zero attached hydrogens (tertiary/aromatic N) is 2. The van der Waals surface area contributed by atoms with E-state index in [2.05, 4.69) is 21.0 Å². The minimum atomic E-state index is -0.0944. The van der Waals surface area contributed by atoms with Gasteiger partial charge in [0, 0.05) is 16.6 Å². The lowest BCUT2D eigenvalue weighted by Gasteiger charge is -2.09. The van der Waals surface area contributed by atoms with Gasteiger partial charge in [-0.15, -0.1) is 0 Å².